The molecule has 4 nitrogen and oxygen atoms in total. The molecule has 0 saturated carbocycles. The molecule has 364 valence electrons. The third kappa shape index (κ3) is 50.0. The summed E-state index contributed by atoms with van der Waals surface area (Å²) >= 11 is 0. The van der Waals surface area contributed by atoms with Gasteiger partial charge >= 0.3 is 0 Å². The molecule has 0 aliphatic carbocycles. The molecule has 0 fully saturated rings. The Labute approximate surface area is 384 Å². The molecule has 4 heteroatoms. The fourth-order valence-corrected chi connectivity index (χ4v) is 9.18. The predicted octanol–water partition coefficient (Wildman–Crippen LogP) is 18.5. The first kappa shape index (κ1) is 60.1. The number of hydrogen-bond donors (Lipinski definition) is 3. The lowest BCUT2D eigenvalue weighted by Crippen LogP contribution is -2.45. The summed E-state index contributed by atoms with van der Waals surface area (Å²) in [6, 6.07) is -0.533. The highest BCUT2D eigenvalue weighted by Crippen LogP contribution is 2.18. The lowest BCUT2D eigenvalue weighted by Gasteiger charge is -2.22. The van der Waals surface area contributed by atoms with Crippen molar-refractivity contribution in [3.05, 3.63) is 12.2 Å². The van der Waals surface area contributed by atoms with Gasteiger partial charge in [0.25, 0.3) is 0 Å². The van der Waals surface area contributed by atoms with Gasteiger partial charge in [0.15, 0.2) is 0 Å². The summed E-state index contributed by atoms with van der Waals surface area (Å²) in [5.74, 6) is -0.0247. The van der Waals surface area contributed by atoms with E-state index in [4.69, 9.17) is 0 Å². The Morgan fingerprint density at radius 3 is 0.902 bits per heavy atom. The van der Waals surface area contributed by atoms with Gasteiger partial charge in [-0.15, -0.1) is 0 Å². The molecule has 1 amide bonds. The van der Waals surface area contributed by atoms with Crippen molar-refractivity contribution in [2.24, 2.45) is 0 Å². The number of amides is 1. The minimum absolute atomic E-state index is 0.0247. The number of aliphatic hydroxyl groups excluding tert-OH is 2. The van der Waals surface area contributed by atoms with Gasteiger partial charge < -0.3 is 15.5 Å². The average molecular weight is 861 g/mol. The fraction of sp³-hybridized carbons (Fsp3) is 0.947. The predicted molar refractivity (Wildman–Crippen MR) is 272 cm³/mol. The first-order chi connectivity index (χ1) is 30.2. The van der Waals surface area contributed by atoms with E-state index >= 15 is 0 Å². The molecule has 0 rings (SSSR count). The highest BCUT2D eigenvalue weighted by molar-refractivity contribution is 5.76. The second-order valence-corrected chi connectivity index (χ2v) is 19.7. The van der Waals surface area contributed by atoms with E-state index < -0.39 is 12.1 Å². The normalized spacial score (nSPS) is 12.8. The Kier molecular flexibility index (Phi) is 52.7. The molecule has 2 unspecified atom stereocenters. The quantitative estimate of drug-likeness (QED) is 0.0421. The number of carbonyl (C=O) groups excluding carboxylic acids is 1. The van der Waals surface area contributed by atoms with Crippen LogP contribution in [0, 0.1) is 0 Å². The summed E-state index contributed by atoms with van der Waals surface area (Å²) in [7, 11) is 0. The maximum absolute atomic E-state index is 12.5. The maximum Gasteiger partial charge on any atom is 0.220 e. The third-order valence-corrected chi connectivity index (χ3v) is 13.5. The molecular formula is C57H113NO3. The smallest absolute Gasteiger partial charge is 0.220 e. The van der Waals surface area contributed by atoms with Crippen LogP contribution in [-0.2, 0) is 4.79 Å². The zero-order chi connectivity index (χ0) is 44.2. The van der Waals surface area contributed by atoms with E-state index in [0.29, 0.717) is 12.8 Å². The molecule has 0 radical (unpaired) electrons. The highest BCUT2D eigenvalue weighted by Gasteiger charge is 2.20. The van der Waals surface area contributed by atoms with Crippen molar-refractivity contribution in [3.8, 4) is 0 Å². The fourth-order valence-electron chi connectivity index (χ4n) is 9.18. The van der Waals surface area contributed by atoms with Crippen molar-refractivity contribution >= 4 is 5.91 Å². The van der Waals surface area contributed by atoms with Gasteiger partial charge in [-0.05, 0) is 38.5 Å². The van der Waals surface area contributed by atoms with E-state index in [1.807, 2.05) is 0 Å². The zero-order valence-electron chi connectivity index (χ0n) is 42.0. The number of unbranched alkanes of at least 4 members (excludes halogenated alkanes) is 44. The lowest BCUT2D eigenvalue weighted by molar-refractivity contribution is -0.123. The van der Waals surface area contributed by atoms with Crippen LogP contribution in [0.25, 0.3) is 0 Å². The van der Waals surface area contributed by atoms with Gasteiger partial charge in [0, 0.05) is 6.42 Å². The SMILES string of the molecule is CCCCCCCCCCCCCC/C=C\CCCCCCCCCCCCCCCCC(=O)NC(CO)C(O)CCCCCCCCCCCCCCCCCCCCC. The largest absolute Gasteiger partial charge is 0.394 e. The second-order valence-electron chi connectivity index (χ2n) is 19.7. The minimum Gasteiger partial charge on any atom is -0.394 e. The van der Waals surface area contributed by atoms with Crippen molar-refractivity contribution < 1.29 is 15.0 Å². The van der Waals surface area contributed by atoms with Crippen LogP contribution < -0.4 is 5.32 Å². The van der Waals surface area contributed by atoms with Crippen LogP contribution in [0.4, 0.5) is 0 Å². The molecule has 0 aromatic heterocycles. The van der Waals surface area contributed by atoms with Crippen molar-refractivity contribution in [1.29, 1.82) is 0 Å². The highest BCUT2D eigenvalue weighted by atomic mass is 16.3. The van der Waals surface area contributed by atoms with Crippen LogP contribution in [0.3, 0.4) is 0 Å². The molecule has 0 bridgehead atoms. The third-order valence-electron chi connectivity index (χ3n) is 13.5. The van der Waals surface area contributed by atoms with E-state index in [1.54, 1.807) is 0 Å². The molecule has 0 spiro atoms. The second kappa shape index (κ2) is 53.5. The van der Waals surface area contributed by atoms with Crippen LogP contribution in [0.15, 0.2) is 12.2 Å². The molecule has 0 aromatic rings. The molecule has 0 saturated heterocycles. The summed E-state index contributed by atoms with van der Waals surface area (Å²) in [5.41, 5.74) is 0. The summed E-state index contributed by atoms with van der Waals surface area (Å²) in [5, 5.41) is 23.3. The Bertz CT molecular complexity index is 844. The van der Waals surface area contributed by atoms with Gasteiger partial charge in [-0.3, -0.25) is 4.79 Å². The van der Waals surface area contributed by atoms with Gasteiger partial charge in [-0.2, -0.15) is 0 Å². The topological polar surface area (TPSA) is 69.6 Å². The summed E-state index contributed by atoms with van der Waals surface area (Å²) in [6.07, 6.45) is 69.2. The first-order valence-corrected chi connectivity index (χ1v) is 28.4. The van der Waals surface area contributed by atoms with Gasteiger partial charge in [-0.1, -0.05) is 296 Å². The van der Waals surface area contributed by atoms with Crippen molar-refractivity contribution in [2.45, 2.75) is 341 Å². The van der Waals surface area contributed by atoms with E-state index in [0.717, 1.165) is 25.7 Å². The lowest BCUT2D eigenvalue weighted by atomic mass is 10.0. The monoisotopic (exact) mass is 860 g/mol. The number of allylic oxidation sites excluding steroid dienone is 2. The molecular weight excluding hydrogens is 747 g/mol. The van der Waals surface area contributed by atoms with Gasteiger partial charge in [0.05, 0.1) is 18.8 Å². The van der Waals surface area contributed by atoms with Gasteiger partial charge in [0.2, 0.25) is 5.91 Å². The number of nitrogens with one attached hydrogen (secondary N) is 1. The van der Waals surface area contributed by atoms with Crippen LogP contribution in [0.2, 0.25) is 0 Å². The molecule has 0 aromatic carbocycles. The number of carbonyl (C=O) groups is 1. The Morgan fingerprint density at radius 1 is 0.377 bits per heavy atom. The van der Waals surface area contributed by atoms with Crippen LogP contribution in [0.5, 0.6) is 0 Å². The molecule has 61 heavy (non-hydrogen) atoms. The van der Waals surface area contributed by atoms with Gasteiger partial charge in [0.1, 0.15) is 0 Å². The van der Waals surface area contributed by atoms with Crippen LogP contribution in [-0.4, -0.2) is 34.9 Å². The number of rotatable bonds is 53. The summed E-state index contributed by atoms with van der Waals surface area (Å²) in [6.45, 7) is 4.40. The van der Waals surface area contributed by atoms with E-state index in [1.165, 1.54) is 276 Å². The van der Waals surface area contributed by atoms with Crippen molar-refractivity contribution in [1.82, 2.24) is 5.32 Å². The number of hydrogen-bond acceptors (Lipinski definition) is 3. The Hall–Kier alpha value is -0.870. The van der Waals surface area contributed by atoms with Crippen molar-refractivity contribution in [3.63, 3.8) is 0 Å². The van der Waals surface area contributed by atoms with Crippen LogP contribution >= 0.6 is 0 Å². The molecule has 2 atom stereocenters. The van der Waals surface area contributed by atoms with Crippen LogP contribution in [0.1, 0.15) is 328 Å². The Balaban J connectivity index is 3.41. The van der Waals surface area contributed by atoms with E-state index in [2.05, 4.69) is 31.3 Å². The maximum atomic E-state index is 12.5. The van der Waals surface area contributed by atoms with Gasteiger partial charge in [-0.25, -0.2) is 0 Å². The van der Waals surface area contributed by atoms with E-state index in [9.17, 15) is 15.0 Å². The standard InChI is InChI=1S/C57H113NO3/c1-3-5-7-9-11-13-15-17-19-21-23-24-25-26-27-28-29-30-31-32-33-35-37-39-41-43-45-47-49-51-53-57(61)58-55(54-59)56(60)52-50-48-46-44-42-40-38-36-34-22-20-18-16-14-12-10-8-6-4-2/h26-27,55-56,59-60H,3-25,28-54H2,1-2H3,(H,58,61)/b27-26-. The van der Waals surface area contributed by atoms with E-state index in [-0.39, 0.29) is 12.5 Å². The molecule has 3 N–H and O–H groups in total. The zero-order valence-corrected chi connectivity index (χ0v) is 42.0. The average Bonchev–Trinajstić information content (AvgIpc) is 3.26. The Morgan fingerprint density at radius 2 is 0.623 bits per heavy atom. The summed E-state index contributed by atoms with van der Waals surface area (Å²) in [4.78, 5) is 12.5. The minimum atomic E-state index is -0.657. The molecule has 0 heterocycles. The number of aliphatic hydroxyl groups is 2. The summed E-state index contributed by atoms with van der Waals surface area (Å²) < 4.78 is 0. The molecule has 0 aliphatic rings. The van der Waals surface area contributed by atoms with Crippen molar-refractivity contribution in [2.75, 3.05) is 6.61 Å². The first-order valence-electron chi connectivity index (χ1n) is 28.4. The molecule has 0 aliphatic heterocycles.